The fourth-order valence-corrected chi connectivity index (χ4v) is 8.25. The molecule has 72 heavy (non-hydrogen) atoms. The van der Waals surface area contributed by atoms with E-state index in [0.29, 0.717) is 19.3 Å². The van der Waals surface area contributed by atoms with Crippen molar-refractivity contribution >= 4 is 25.7 Å². The molecule has 0 fully saturated rings. The number of rotatable bonds is 52. The summed E-state index contributed by atoms with van der Waals surface area (Å²) in [4.78, 5) is 48.4. The number of hydrogen-bond donors (Lipinski definition) is 2. The van der Waals surface area contributed by atoms with E-state index in [9.17, 15) is 28.9 Å². The summed E-state index contributed by atoms with van der Waals surface area (Å²) in [5, 5.41) is 9.77. The molecule has 0 rings (SSSR count). The van der Waals surface area contributed by atoms with E-state index in [1.165, 1.54) is 70.6 Å². The molecule has 0 spiro atoms. The number of carbonyl (C=O) groups is 3. The molecule has 3 unspecified atom stereocenters. The van der Waals surface area contributed by atoms with Gasteiger partial charge in [0.1, 0.15) is 12.7 Å². The maximum atomic E-state index is 12.9. The summed E-state index contributed by atoms with van der Waals surface area (Å²) >= 11 is 0. The van der Waals surface area contributed by atoms with E-state index in [0.717, 1.165) is 109 Å². The van der Waals surface area contributed by atoms with Crippen LogP contribution < -0.4 is 0 Å². The monoisotopic (exact) mass is 1030 g/mol. The fourth-order valence-electron chi connectivity index (χ4n) is 7.47. The minimum absolute atomic E-state index is 0.125. The van der Waals surface area contributed by atoms with E-state index in [4.69, 9.17) is 23.3 Å². The first-order valence-electron chi connectivity index (χ1n) is 28.5. The highest BCUT2D eigenvalue weighted by Gasteiger charge is 2.28. The van der Waals surface area contributed by atoms with Gasteiger partial charge in [0, 0.05) is 19.3 Å². The Kier molecular flexibility index (Phi) is 51.4. The van der Waals surface area contributed by atoms with Crippen LogP contribution in [-0.2, 0) is 42.2 Å². The van der Waals surface area contributed by atoms with Crippen LogP contribution in [0.2, 0.25) is 0 Å². The van der Waals surface area contributed by atoms with E-state index in [1.807, 2.05) is 0 Å². The van der Waals surface area contributed by atoms with Crippen LogP contribution in [0.1, 0.15) is 239 Å². The fraction of sp³-hybridized carbons (Fsp3) is 0.717. The van der Waals surface area contributed by atoms with Gasteiger partial charge in [-0.3, -0.25) is 23.4 Å². The molecule has 0 aliphatic rings. The van der Waals surface area contributed by atoms with Crippen LogP contribution in [0.5, 0.6) is 0 Å². The third-order valence-electron chi connectivity index (χ3n) is 11.8. The van der Waals surface area contributed by atoms with Crippen LogP contribution in [0.15, 0.2) is 85.1 Å². The lowest BCUT2D eigenvalue weighted by molar-refractivity contribution is -0.161. The van der Waals surface area contributed by atoms with Gasteiger partial charge in [0.2, 0.25) is 0 Å². The zero-order valence-corrected chi connectivity index (χ0v) is 46.5. The predicted molar refractivity (Wildman–Crippen MR) is 298 cm³/mol. The topological polar surface area (TPSA) is 155 Å². The average molecular weight is 1030 g/mol. The molecule has 0 radical (unpaired) electrons. The van der Waals surface area contributed by atoms with E-state index in [1.54, 1.807) is 0 Å². The number of allylic oxidation sites excluding steroid dienone is 14. The minimum atomic E-state index is -4.76. The number of aliphatic hydroxyl groups excluding tert-OH is 1. The molecule has 3 atom stereocenters. The highest BCUT2D eigenvalue weighted by Crippen LogP contribution is 2.43. The Labute approximate surface area is 439 Å². The summed E-state index contributed by atoms with van der Waals surface area (Å²) in [7, 11) is -4.76. The molecule has 0 aliphatic carbocycles. The summed E-state index contributed by atoms with van der Waals surface area (Å²) in [6.45, 7) is 4.43. The number of unbranched alkanes of at least 4 members (excludes halogenated alkanes) is 21. The molecule has 0 aromatic rings. The maximum Gasteiger partial charge on any atom is 0.472 e. The Morgan fingerprint density at radius 1 is 0.403 bits per heavy atom. The van der Waals surface area contributed by atoms with E-state index in [2.05, 4.69) is 106 Å². The number of phosphoric ester groups is 1. The van der Waals surface area contributed by atoms with Crippen molar-refractivity contribution in [1.82, 2.24) is 0 Å². The van der Waals surface area contributed by atoms with Crippen LogP contribution >= 0.6 is 7.82 Å². The highest BCUT2D eigenvalue weighted by atomic mass is 31.2. The number of aliphatic hydroxyl groups is 1. The molecule has 0 aliphatic heterocycles. The summed E-state index contributed by atoms with van der Waals surface area (Å²) in [5.41, 5.74) is 0. The molecular formula is C60H103O11P. The number of phosphoric acid groups is 1. The van der Waals surface area contributed by atoms with Gasteiger partial charge in [-0.25, -0.2) is 4.57 Å². The van der Waals surface area contributed by atoms with Gasteiger partial charge < -0.3 is 24.2 Å². The third kappa shape index (κ3) is 51.6. The second kappa shape index (κ2) is 53.9. The second-order valence-corrected chi connectivity index (χ2v) is 20.2. The molecular weight excluding hydrogens is 928 g/mol. The molecule has 0 amide bonds. The lowest BCUT2D eigenvalue weighted by atomic mass is 10.1. The van der Waals surface area contributed by atoms with Crippen molar-refractivity contribution in [2.75, 3.05) is 26.4 Å². The molecule has 0 heterocycles. The molecule has 414 valence electrons. The molecule has 0 bridgehead atoms. The van der Waals surface area contributed by atoms with Gasteiger partial charge in [-0.15, -0.1) is 0 Å². The zero-order chi connectivity index (χ0) is 52.7. The predicted octanol–water partition coefficient (Wildman–Crippen LogP) is 16.7. The minimum Gasteiger partial charge on any atom is -0.462 e. The second-order valence-electron chi connectivity index (χ2n) is 18.7. The van der Waals surface area contributed by atoms with Gasteiger partial charge in [-0.1, -0.05) is 209 Å². The molecule has 0 saturated carbocycles. The lowest BCUT2D eigenvalue weighted by Crippen LogP contribution is -2.30. The Bertz CT molecular complexity index is 1530. The number of esters is 3. The van der Waals surface area contributed by atoms with Crippen molar-refractivity contribution in [1.29, 1.82) is 0 Å². The third-order valence-corrected chi connectivity index (χ3v) is 12.8. The lowest BCUT2D eigenvalue weighted by Gasteiger charge is -2.21. The Morgan fingerprint density at radius 2 is 0.722 bits per heavy atom. The van der Waals surface area contributed by atoms with Crippen LogP contribution in [0.3, 0.4) is 0 Å². The smallest absolute Gasteiger partial charge is 0.462 e. The standard InChI is InChI=1S/C60H103O11P/c1-4-7-10-13-16-19-21-23-25-27-28-30-32-34-36-39-42-45-48-51-60(64)71-57(53-67-58(62)49-46-43-40-38-35-33-31-29-26-24-22-20-17-14-11-8-5-2)55-69-72(65,66)68-54-56(52-61)70-59(63)50-47-44-41-37-18-15-12-9-6-3/h7,10,16-17,19-20,23-26,28,30,34,36,56-57,61H,4-6,8-9,11-15,18,21-22,27,29,31-33,35,37-55H2,1-3H3,(H,65,66)/b10-7-,19-16-,20-17-,25-23-,26-24-,30-28-,36-34-. The maximum absolute atomic E-state index is 12.9. The number of hydrogen-bond acceptors (Lipinski definition) is 10. The van der Waals surface area contributed by atoms with Crippen molar-refractivity contribution in [3.05, 3.63) is 85.1 Å². The molecule has 12 heteroatoms. The average Bonchev–Trinajstić information content (AvgIpc) is 3.37. The summed E-state index contributed by atoms with van der Waals surface area (Å²) in [6.07, 6.45) is 61.2. The van der Waals surface area contributed by atoms with E-state index in [-0.39, 0.29) is 25.9 Å². The highest BCUT2D eigenvalue weighted by molar-refractivity contribution is 7.47. The van der Waals surface area contributed by atoms with Crippen LogP contribution in [0.25, 0.3) is 0 Å². The zero-order valence-electron chi connectivity index (χ0n) is 45.6. The number of carbonyl (C=O) groups excluding carboxylic acids is 3. The van der Waals surface area contributed by atoms with E-state index >= 15 is 0 Å². The van der Waals surface area contributed by atoms with Gasteiger partial charge in [-0.05, 0) is 96.3 Å². The Morgan fingerprint density at radius 3 is 1.15 bits per heavy atom. The van der Waals surface area contributed by atoms with E-state index < -0.39 is 57.8 Å². The van der Waals surface area contributed by atoms with Crippen molar-refractivity contribution in [3.63, 3.8) is 0 Å². The Balaban J connectivity index is 4.80. The summed E-state index contributed by atoms with van der Waals surface area (Å²) in [6, 6.07) is 0. The first kappa shape index (κ1) is 68.7. The SMILES string of the molecule is CC/C=C\C/C=C\C/C=C\C/C=C\C/C=C\CCCCCC(=O)OC(COC(=O)CCCCCCCCC/C=C\C/C=C\CCCCC)COP(=O)(O)OCC(CO)OC(=O)CCCCCCCCCCC. The van der Waals surface area contributed by atoms with Crippen LogP contribution in [-0.4, -0.2) is 66.5 Å². The number of ether oxygens (including phenoxy) is 3. The van der Waals surface area contributed by atoms with Gasteiger partial charge >= 0.3 is 25.7 Å². The Hall–Kier alpha value is -3.34. The molecule has 0 aromatic heterocycles. The van der Waals surface area contributed by atoms with Crippen molar-refractivity contribution < 1.29 is 52.2 Å². The molecule has 0 aromatic carbocycles. The normalized spacial score (nSPS) is 14.0. The summed E-state index contributed by atoms with van der Waals surface area (Å²) < 4.78 is 39.4. The van der Waals surface area contributed by atoms with Crippen molar-refractivity contribution in [2.45, 2.75) is 251 Å². The first-order valence-corrected chi connectivity index (χ1v) is 30.0. The van der Waals surface area contributed by atoms with Gasteiger partial charge in [-0.2, -0.15) is 0 Å². The van der Waals surface area contributed by atoms with Gasteiger partial charge in [0.05, 0.1) is 19.8 Å². The van der Waals surface area contributed by atoms with Gasteiger partial charge in [0.25, 0.3) is 0 Å². The quantitative estimate of drug-likeness (QED) is 0.0197. The first-order chi connectivity index (χ1) is 35.2. The van der Waals surface area contributed by atoms with Gasteiger partial charge in [0.15, 0.2) is 6.10 Å². The summed E-state index contributed by atoms with van der Waals surface area (Å²) in [5.74, 6) is -1.51. The molecule has 2 N–H and O–H groups in total. The molecule has 0 saturated heterocycles. The molecule has 11 nitrogen and oxygen atoms in total. The van der Waals surface area contributed by atoms with Crippen LogP contribution in [0.4, 0.5) is 0 Å². The van der Waals surface area contributed by atoms with Crippen molar-refractivity contribution in [2.24, 2.45) is 0 Å². The largest absolute Gasteiger partial charge is 0.472 e. The van der Waals surface area contributed by atoms with Crippen LogP contribution in [0, 0.1) is 0 Å². The van der Waals surface area contributed by atoms with Crippen molar-refractivity contribution in [3.8, 4) is 0 Å².